The molecule has 112 valence electrons. The summed E-state index contributed by atoms with van der Waals surface area (Å²) >= 11 is 0. The van der Waals surface area contributed by atoms with E-state index < -0.39 is 34.0 Å². The smallest absolute Gasteiger partial charge is 0.172 e. The Morgan fingerprint density at radius 2 is 1.52 bits per heavy atom. The fourth-order valence-electron chi connectivity index (χ4n) is 2.26. The molecular formula is C13H4F3N7. The number of aromatic nitrogens is 1. The zero-order chi connectivity index (χ0) is 16.6. The van der Waals surface area contributed by atoms with Crippen LogP contribution in [0.5, 0.6) is 0 Å². The van der Waals surface area contributed by atoms with Crippen molar-refractivity contribution >= 4 is 33.2 Å². The number of halogens is 3. The van der Waals surface area contributed by atoms with Crippen LogP contribution in [-0.2, 0) is 0 Å². The number of hydrogen-bond donors (Lipinski definition) is 0. The lowest BCUT2D eigenvalue weighted by Gasteiger charge is -2.10. The highest BCUT2D eigenvalue weighted by Crippen LogP contribution is 2.40. The van der Waals surface area contributed by atoms with Crippen molar-refractivity contribution in [3.05, 3.63) is 62.6 Å². The van der Waals surface area contributed by atoms with Gasteiger partial charge in [0.1, 0.15) is 11.2 Å². The van der Waals surface area contributed by atoms with Crippen LogP contribution in [0.1, 0.15) is 0 Å². The second-order valence-electron chi connectivity index (χ2n) is 4.37. The number of fused-ring (bicyclic) bond motifs is 2. The molecule has 0 saturated heterocycles. The molecule has 1 aromatic heterocycles. The van der Waals surface area contributed by atoms with E-state index >= 15 is 0 Å². The lowest BCUT2D eigenvalue weighted by atomic mass is 10.1. The molecule has 2 aromatic carbocycles. The van der Waals surface area contributed by atoms with Gasteiger partial charge in [0.2, 0.25) is 0 Å². The van der Waals surface area contributed by atoms with Gasteiger partial charge in [-0.3, -0.25) is 0 Å². The lowest BCUT2D eigenvalue weighted by Crippen LogP contribution is -1.96. The molecule has 0 unspecified atom stereocenters. The summed E-state index contributed by atoms with van der Waals surface area (Å²) in [5, 5.41) is 5.78. The standard InChI is InChI=1S/C13H4F3N7/c14-8-7-11(20-22-17)5-3-1-2-4-6(5)19-12(7)10(16)13(9(8)15)21-23-18/h1-4H. The first-order valence-electron chi connectivity index (χ1n) is 6.09. The summed E-state index contributed by atoms with van der Waals surface area (Å²) in [4.78, 5) is 8.75. The van der Waals surface area contributed by atoms with Crippen molar-refractivity contribution in [3.8, 4) is 0 Å². The van der Waals surface area contributed by atoms with Gasteiger partial charge in [-0.05, 0) is 17.1 Å². The van der Waals surface area contributed by atoms with Crippen LogP contribution in [0.2, 0.25) is 0 Å². The Labute approximate surface area is 125 Å². The molecule has 0 fully saturated rings. The normalized spacial score (nSPS) is 10.4. The summed E-state index contributed by atoms with van der Waals surface area (Å²) in [7, 11) is 0. The van der Waals surface area contributed by atoms with E-state index in [4.69, 9.17) is 11.1 Å². The maximum absolute atomic E-state index is 14.4. The molecule has 0 saturated carbocycles. The molecule has 0 aliphatic rings. The van der Waals surface area contributed by atoms with Crippen LogP contribution in [0.3, 0.4) is 0 Å². The molecule has 0 aliphatic carbocycles. The van der Waals surface area contributed by atoms with Gasteiger partial charge in [-0.15, -0.1) is 0 Å². The van der Waals surface area contributed by atoms with Gasteiger partial charge in [0, 0.05) is 15.2 Å². The highest BCUT2D eigenvalue weighted by Gasteiger charge is 2.23. The predicted molar refractivity (Wildman–Crippen MR) is 76.7 cm³/mol. The number of para-hydroxylation sites is 1. The van der Waals surface area contributed by atoms with Crippen molar-refractivity contribution in [2.45, 2.75) is 0 Å². The van der Waals surface area contributed by atoms with Gasteiger partial charge in [-0.1, -0.05) is 28.4 Å². The minimum absolute atomic E-state index is 0.208. The Balaban J connectivity index is 2.68. The minimum Gasteiger partial charge on any atom is -0.245 e. The van der Waals surface area contributed by atoms with Crippen LogP contribution in [0.15, 0.2) is 34.5 Å². The zero-order valence-corrected chi connectivity index (χ0v) is 11.1. The average Bonchev–Trinajstić information content (AvgIpc) is 2.56. The third-order valence-electron chi connectivity index (χ3n) is 3.19. The molecule has 0 N–H and O–H groups in total. The van der Waals surface area contributed by atoms with E-state index in [0.29, 0.717) is 0 Å². The first-order chi connectivity index (χ1) is 11.1. The maximum Gasteiger partial charge on any atom is 0.172 e. The zero-order valence-electron chi connectivity index (χ0n) is 11.1. The Bertz CT molecular complexity index is 1070. The molecule has 1 heterocycles. The van der Waals surface area contributed by atoms with Crippen LogP contribution in [-0.4, -0.2) is 4.98 Å². The number of nitrogens with zero attached hydrogens (tertiary/aromatic N) is 7. The summed E-state index contributed by atoms with van der Waals surface area (Å²) in [5.41, 5.74) is 15.2. The van der Waals surface area contributed by atoms with E-state index in [2.05, 4.69) is 25.0 Å². The van der Waals surface area contributed by atoms with Crippen molar-refractivity contribution in [2.75, 3.05) is 0 Å². The van der Waals surface area contributed by atoms with Crippen molar-refractivity contribution < 1.29 is 13.2 Å². The van der Waals surface area contributed by atoms with Gasteiger partial charge in [-0.2, -0.15) is 0 Å². The molecule has 3 rings (SSSR count). The fraction of sp³-hybridized carbons (Fsp3) is 0. The maximum atomic E-state index is 14.4. The van der Waals surface area contributed by atoms with Crippen LogP contribution in [0, 0.1) is 17.5 Å². The molecule has 0 amide bonds. The highest BCUT2D eigenvalue weighted by atomic mass is 19.2. The van der Waals surface area contributed by atoms with Gasteiger partial charge in [0.15, 0.2) is 17.5 Å². The molecule has 0 bridgehead atoms. The van der Waals surface area contributed by atoms with E-state index in [0.717, 1.165) is 0 Å². The third-order valence-corrected chi connectivity index (χ3v) is 3.19. The lowest BCUT2D eigenvalue weighted by molar-refractivity contribution is 0.508. The number of hydrogen-bond acceptors (Lipinski definition) is 3. The highest BCUT2D eigenvalue weighted by molar-refractivity contribution is 6.07. The van der Waals surface area contributed by atoms with Crippen LogP contribution in [0.4, 0.5) is 24.5 Å². The van der Waals surface area contributed by atoms with E-state index in [-0.39, 0.29) is 16.6 Å². The average molecular weight is 315 g/mol. The van der Waals surface area contributed by atoms with Crippen molar-refractivity contribution in [2.24, 2.45) is 10.2 Å². The van der Waals surface area contributed by atoms with Gasteiger partial charge in [0.05, 0.1) is 16.6 Å². The number of pyridine rings is 1. The van der Waals surface area contributed by atoms with Crippen molar-refractivity contribution in [1.29, 1.82) is 0 Å². The van der Waals surface area contributed by atoms with Gasteiger partial charge < -0.3 is 0 Å². The monoisotopic (exact) mass is 315 g/mol. The molecule has 7 nitrogen and oxygen atoms in total. The molecule has 3 aromatic rings. The summed E-state index contributed by atoms with van der Waals surface area (Å²) < 4.78 is 42.7. The van der Waals surface area contributed by atoms with E-state index in [9.17, 15) is 13.2 Å². The van der Waals surface area contributed by atoms with Crippen LogP contribution < -0.4 is 0 Å². The number of benzene rings is 2. The Kier molecular flexibility index (Phi) is 3.38. The number of rotatable bonds is 2. The Hall–Kier alpha value is -3.48. The Morgan fingerprint density at radius 1 is 0.870 bits per heavy atom. The molecule has 10 heteroatoms. The van der Waals surface area contributed by atoms with Crippen molar-refractivity contribution in [1.82, 2.24) is 4.98 Å². The molecule has 0 atom stereocenters. The van der Waals surface area contributed by atoms with Crippen LogP contribution in [0.25, 0.3) is 42.7 Å². The summed E-state index contributed by atoms with van der Waals surface area (Å²) in [6.07, 6.45) is 0. The SMILES string of the molecule is [N-]=[N+]=Nc1c(F)c(F)c2c(N=[N+]=[N-])c3ccccc3nc2c1F. The number of azide groups is 2. The quantitative estimate of drug-likeness (QED) is 0.195. The van der Waals surface area contributed by atoms with E-state index in [1.54, 1.807) is 12.1 Å². The first-order valence-corrected chi connectivity index (χ1v) is 6.09. The Morgan fingerprint density at radius 3 is 2.22 bits per heavy atom. The second-order valence-corrected chi connectivity index (χ2v) is 4.37. The predicted octanol–water partition coefficient (Wildman–Crippen LogP) is 5.69. The molecular weight excluding hydrogens is 311 g/mol. The largest absolute Gasteiger partial charge is 0.245 e. The first kappa shape index (κ1) is 14.5. The minimum atomic E-state index is -1.68. The molecule has 23 heavy (non-hydrogen) atoms. The van der Waals surface area contributed by atoms with Crippen molar-refractivity contribution in [3.63, 3.8) is 0 Å². The van der Waals surface area contributed by atoms with E-state index in [1.165, 1.54) is 12.1 Å². The molecule has 0 radical (unpaired) electrons. The van der Waals surface area contributed by atoms with E-state index in [1.807, 2.05) is 0 Å². The summed E-state index contributed by atoms with van der Waals surface area (Å²) in [5.74, 6) is -4.53. The molecule has 0 aliphatic heterocycles. The fourth-order valence-corrected chi connectivity index (χ4v) is 2.26. The summed E-state index contributed by atoms with van der Waals surface area (Å²) in [6, 6.07) is 6.12. The second kappa shape index (κ2) is 5.38. The van der Waals surface area contributed by atoms with Gasteiger partial charge >= 0.3 is 0 Å². The summed E-state index contributed by atoms with van der Waals surface area (Å²) in [6.45, 7) is 0. The van der Waals surface area contributed by atoms with Gasteiger partial charge in [-0.25, -0.2) is 18.2 Å². The van der Waals surface area contributed by atoms with Gasteiger partial charge in [0.25, 0.3) is 0 Å². The third kappa shape index (κ3) is 2.06. The topological polar surface area (TPSA) is 110 Å². The van der Waals surface area contributed by atoms with Crippen LogP contribution >= 0.6 is 0 Å². The molecule has 0 spiro atoms.